The Morgan fingerprint density at radius 3 is 2.64 bits per heavy atom. The molecule has 172 valence electrons. The SMILES string of the molecule is Cc1cc(NC(=O)c2cnn(-c3ccc(C(F)(F)I)cn3)c2C)cnc1C1=CCC(O)CC1. The van der Waals surface area contributed by atoms with E-state index in [1.165, 1.54) is 23.0 Å². The molecule has 1 amide bonds. The summed E-state index contributed by atoms with van der Waals surface area (Å²) >= 11 is 1.05. The standard InChI is InChI=1S/C23H22F2IN5O2/c1-13-9-17(11-28-21(13)15-3-6-18(32)7-4-15)30-22(33)19-12-29-31(14(19)2)20-8-5-16(10-27-20)23(24,25)26/h3,5,8-12,18,32H,4,6-7H2,1-2H3,(H,30,33). The number of aryl methyl sites for hydroxylation is 1. The molecule has 0 radical (unpaired) electrons. The Labute approximate surface area is 203 Å². The Kier molecular flexibility index (Phi) is 6.57. The molecule has 1 unspecified atom stereocenters. The molecule has 1 atom stereocenters. The highest BCUT2D eigenvalue weighted by Gasteiger charge is 2.27. The molecule has 33 heavy (non-hydrogen) atoms. The number of aliphatic hydroxyl groups is 1. The van der Waals surface area contributed by atoms with Crippen molar-refractivity contribution in [2.45, 2.75) is 43.1 Å². The van der Waals surface area contributed by atoms with Crippen molar-refractivity contribution in [1.82, 2.24) is 19.7 Å². The van der Waals surface area contributed by atoms with Gasteiger partial charge in [-0.15, -0.1) is 0 Å². The van der Waals surface area contributed by atoms with E-state index in [1.54, 1.807) is 13.1 Å². The topological polar surface area (TPSA) is 92.9 Å². The molecule has 1 aliphatic carbocycles. The molecule has 0 aromatic carbocycles. The van der Waals surface area contributed by atoms with Gasteiger partial charge in [-0.3, -0.25) is 9.78 Å². The van der Waals surface area contributed by atoms with E-state index >= 15 is 0 Å². The first-order chi connectivity index (χ1) is 15.6. The Balaban J connectivity index is 1.50. The fourth-order valence-corrected chi connectivity index (χ4v) is 4.07. The third-order valence-corrected chi connectivity index (χ3v) is 6.19. The van der Waals surface area contributed by atoms with E-state index in [2.05, 4.69) is 20.4 Å². The number of halogens is 3. The van der Waals surface area contributed by atoms with Crippen LogP contribution < -0.4 is 5.32 Å². The van der Waals surface area contributed by atoms with Crippen molar-refractivity contribution in [3.05, 3.63) is 70.9 Å². The number of allylic oxidation sites excluding steroid dienone is 1. The number of nitrogens with zero attached hydrogens (tertiary/aromatic N) is 4. The zero-order valence-electron chi connectivity index (χ0n) is 18.0. The molecule has 3 aromatic rings. The third-order valence-electron chi connectivity index (χ3n) is 5.57. The molecule has 0 bridgehead atoms. The lowest BCUT2D eigenvalue weighted by Crippen LogP contribution is -2.14. The van der Waals surface area contributed by atoms with E-state index in [-0.39, 0.29) is 17.6 Å². The van der Waals surface area contributed by atoms with Gasteiger partial charge < -0.3 is 10.4 Å². The second-order valence-corrected chi connectivity index (χ2v) is 9.31. The Hall–Kier alpha value is -2.73. The number of hydrogen-bond acceptors (Lipinski definition) is 5. The van der Waals surface area contributed by atoms with E-state index in [0.29, 0.717) is 35.6 Å². The van der Waals surface area contributed by atoms with Gasteiger partial charge >= 0.3 is 3.93 Å². The van der Waals surface area contributed by atoms with Crippen LogP contribution in [0.4, 0.5) is 14.5 Å². The average molecular weight is 565 g/mol. The fourth-order valence-electron chi connectivity index (χ4n) is 3.76. The smallest absolute Gasteiger partial charge is 0.323 e. The van der Waals surface area contributed by atoms with E-state index < -0.39 is 3.93 Å². The number of alkyl halides is 3. The summed E-state index contributed by atoms with van der Waals surface area (Å²) in [5.74, 6) is -0.0215. The van der Waals surface area contributed by atoms with E-state index in [4.69, 9.17) is 0 Å². The van der Waals surface area contributed by atoms with Crippen LogP contribution in [-0.2, 0) is 3.93 Å². The number of rotatable bonds is 5. The van der Waals surface area contributed by atoms with E-state index in [0.717, 1.165) is 52.0 Å². The van der Waals surface area contributed by atoms with Gasteiger partial charge in [-0.1, -0.05) is 6.08 Å². The summed E-state index contributed by atoms with van der Waals surface area (Å²) in [4.78, 5) is 21.4. The second kappa shape index (κ2) is 9.26. The first-order valence-corrected chi connectivity index (χ1v) is 11.4. The molecule has 0 aliphatic heterocycles. The lowest BCUT2D eigenvalue weighted by molar-refractivity contribution is 0.102. The lowest BCUT2D eigenvalue weighted by atomic mass is 9.93. The monoisotopic (exact) mass is 565 g/mol. The molecule has 0 fully saturated rings. The van der Waals surface area contributed by atoms with E-state index in [9.17, 15) is 18.7 Å². The molecular formula is C23H22F2IN5O2. The molecule has 2 N–H and O–H groups in total. The van der Waals surface area contributed by atoms with Crippen molar-refractivity contribution >= 4 is 39.8 Å². The average Bonchev–Trinajstić information content (AvgIpc) is 3.15. The zero-order chi connectivity index (χ0) is 23.8. The maximum atomic E-state index is 13.4. The molecule has 0 saturated heterocycles. The third kappa shape index (κ3) is 5.11. The number of pyridine rings is 2. The van der Waals surface area contributed by atoms with Gasteiger partial charge in [-0.2, -0.15) is 13.9 Å². The number of aromatic nitrogens is 4. The van der Waals surface area contributed by atoms with Crippen LogP contribution in [0.2, 0.25) is 0 Å². The van der Waals surface area contributed by atoms with Gasteiger partial charge in [0, 0.05) is 34.4 Å². The van der Waals surface area contributed by atoms with Gasteiger partial charge in [-0.25, -0.2) is 9.67 Å². The summed E-state index contributed by atoms with van der Waals surface area (Å²) in [5, 5.41) is 16.7. The quantitative estimate of drug-likeness (QED) is 0.338. The number of hydrogen-bond donors (Lipinski definition) is 2. The minimum Gasteiger partial charge on any atom is -0.393 e. The number of carbonyl (C=O) groups is 1. The molecule has 7 nitrogen and oxygen atoms in total. The number of aliphatic hydroxyl groups excluding tert-OH is 1. The second-order valence-electron chi connectivity index (χ2n) is 7.96. The van der Waals surface area contributed by atoms with Crippen LogP contribution in [0.5, 0.6) is 0 Å². The number of anilines is 1. The molecule has 0 spiro atoms. The first-order valence-electron chi connectivity index (χ1n) is 10.4. The molecule has 1 aliphatic rings. The van der Waals surface area contributed by atoms with Crippen LogP contribution >= 0.6 is 22.6 Å². The maximum absolute atomic E-state index is 13.4. The van der Waals surface area contributed by atoms with Gasteiger partial charge in [0.05, 0.1) is 41.1 Å². The van der Waals surface area contributed by atoms with Crippen LogP contribution in [0, 0.1) is 13.8 Å². The normalized spacial score (nSPS) is 16.4. The van der Waals surface area contributed by atoms with Gasteiger partial charge in [-0.05, 0) is 62.4 Å². The molecule has 3 aromatic heterocycles. The Morgan fingerprint density at radius 2 is 2.03 bits per heavy atom. The molecular weight excluding hydrogens is 543 g/mol. The zero-order valence-corrected chi connectivity index (χ0v) is 20.2. The van der Waals surface area contributed by atoms with Gasteiger partial charge in [0.2, 0.25) is 0 Å². The van der Waals surface area contributed by atoms with Gasteiger partial charge in [0.15, 0.2) is 5.82 Å². The first kappa shape index (κ1) is 23.4. The van der Waals surface area contributed by atoms with Crippen molar-refractivity contribution in [1.29, 1.82) is 0 Å². The van der Waals surface area contributed by atoms with Crippen molar-refractivity contribution in [2.24, 2.45) is 0 Å². The van der Waals surface area contributed by atoms with Crippen LogP contribution in [0.1, 0.15) is 52.1 Å². The Bertz CT molecular complexity index is 1220. The van der Waals surface area contributed by atoms with Gasteiger partial charge in [0.25, 0.3) is 5.91 Å². The summed E-state index contributed by atoms with van der Waals surface area (Å²) in [6.45, 7) is 3.64. The summed E-state index contributed by atoms with van der Waals surface area (Å²) < 4.78 is 25.2. The largest absolute Gasteiger partial charge is 0.393 e. The fraction of sp³-hybridized carbons (Fsp3) is 0.304. The van der Waals surface area contributed by atoms with Crippen molar-refractivity contribution in [3.8, 4) is 5.82 Å². The predicted octanol–water partition coefficient (Wildman–Crippen LogP) is 4.94. The molecule has 0 saturated carbocycles. The summed E-state index contributed by atoms with van der Waals surface area (Å²) in [6.07, 6.45) is 7.95. The highest BCUT2D eigenvalue weighted by Crippen LogP contribution is 2.34. The summed E-state index contributed by atoms with van der Waals surface area (Å²) in [5.41, 5.74) is 4.12. The van der Waals surface area contributed by atoms with Crippen LogP contribution in [-0.4, -0.2) is 36.9 Å². The highest BCUT2D eigenvalue weighted by molar-refractivity contribution is 14.1. The molecule has 10 heteroatoms. The number of amides is 1. The highest BCUT2D eigenvalue weighted by atomic mass is 127. The number of carbonyl (C=O) groups excluding carboxylic acids is 1. The van der Waals surface area contributed by atoms with E-state index in [1.807, 2.05) is 19.1 Å². The lowest BCUT2D eigenvalue weighted by Gasteiger charge is -2.18. The number of nitrogens with one attached hydrogen (secondary N) is 1. The minimum absolute atomic E-state index is 0.207. The van der Waals surface area contributed by atoms with Crippen molar-refractivity contribution < 1.29 is 18.7 Å². The van der Waals surface area contributed by atoms with Crippen LogP contribution in [0.25, 0.3) is 11.4 Å². The Morgan fingerprint density at radius 1 is 1.24 bits per heavy atom. The van der Waals surface area contributed by atoms with Crippen molar-refractivity contribution in [3.63, 3.8) is 0 Å². The summed E-state index contributed by atoms with van der Waals surface area (Å²) in [7, 11) is 0. The van der Waals surface area contributed by atoms with Crippen LogP contribution in [0.3, 0.4) is 0 Å². The molecule has 4 rings (SSSR count). The predicted molar refractivity (Wildman–Crippen MR) is 129 cm³/mol. The van der Waals surface area contributed by atoms with Crippen LogP contribution in [0.15, 0.2) is 42.9 Å². The van der Waals surface area contributed by atoms with Crippen molar-refractivity contribution in [2.75, 3.05) is 5.32 Å². The maximum Gasteiger partial charge on any atom is 0.323 e. The summed E-state index contributed by atoms with van der Waals surface area (Å²) in [6, 6.07) is 4.58. The molecule has 3 heterocycles. The van der Waals surface area contributed by atoms with Gasteiger partial charge in [0.1, 0.15) is 0 Å². The minimum atomic E-state index is -3.01.